The van der Waals surface area contributed by atoms with Crippen molar-refractivity contribution in [2.45, 2.75) is 25.8 Å². The summed E-state index contributed by atoms with van der Waals surface area (Å²) in [5, 5.41) is 2.32. The smallest absolute Gasteiger partial charge is 0.422 e. The highest BCUT2D eigenvalue weighted by Gasteiger charge is 2.30. The number of aryl methyl sites for hydroxylation is 1. The zero-order valence-electron chi connectivity index (χ0n) is 16.5. The highest BCUT2D eigenvalue weighted by atomic mass is 19.4. The molecule has 6 nitrogen and oxygen atoms in total. The lowest BCUT2D eigenvalue weighted by molar-refractivity contribution is -0.154. The molecule has 0 atom stereocenters. The molecule has 0 radical (unpaired) electrons. The summed E-state index contributed by atoms with van der Waals surface area (Å²) in [6.45, 7) is -1.42. The standard InChI is InChI=1S/C19H19F6N3O3/c1-12-4-3-5-13(26-12)9-28(2)17(29)27-15-8-14(30-10-18(20,21)22)6-7-16(15)31-11-19(23,24)25/h3-8H,9-11H2,1-2H3,(H,27,29). The van der Waals surface area contributed by atoms with Crippen molar-refractivity contribution in [2.24, 2.45) is 0 Å². The van der Waals surface area contributed by atoms with Gasteiger partial charge in [0, 0.05) is 18.8 Å². The maximum atomic E-state index is 12.5. The van der Waals surface area contributed by atoms with E-state index in [2.05, 4.69) is 19.8 Å². The Hall–Kier alpha value is -3.18. The number of urea groups is 1. The number of pyridine rings is 1. The van der Waals surface area contributed by atoms with Crippen LogP contribution >= 0.6 is 0 Å². The number of nitrogens with one attached hydrogen (secondary N) is 1. The lowest BCUT2D eigenvalue weighted by atomic mass is 10.2. The summed E-state index contributed by atoms with van der Waals surface area (Å²) in [6, 6.07) is 7.39. The number of hydrogen-bond acceptors (Lipinski definition) is 4. The molecule has 0 aliphatic rings. The third-order valence-electron chi connectivity index (χ3n) is 3.68. The molecule has 1 aromatic heterocycles. The van der Waals surface area contributed by atoms with Gasteiger partial charge in [-0.05, 0) is 31.2 Å². The zero-order chi connectivity index (χ0) is 23.2. The van der Waals surface area contributed by atoms with Crippen molar-refractivity contribution in [1.82, 2.24) is 9.88 Å². The van der Waals surface area contributed by atoms with Crippen molar-refractivity contribution in [2.75, 3.05) is 25.6 Å². The van der Waals surface area contributed by atoms with Crippen molar-refractivity contribution in [3.8, 4) is 11.5 Å². The van der Waals surface area contributed by atoms with E-state index in [-0.39, 0.29) is 23.7 Å². The van der Waals surface area contributed by atoms with Crippen LogP contribution in [0.5, 0.6) is 11.5 Å². The molecule has 2 rings (SSSR count). The summed E-state index contributed by atoms with van der Waals surface area (Å²) >= 11 is 0. The number of aromatic nitrogens is 1. The first-order chi connectivity index (χ1) is 14.3. The van der Waals surface area contributed by atoms with Gasteiger partial charge in [0.2, 0.25) is 0 Å². The molecule has 1 N–H and O–H groups in total. The molecular formula is C19H19F6N3O3. The van der Waals surface area contributed by atoms with Crippen LogP contribution in [0.25, 0.3) is 0 Å². The third kappa shape index (κ3) is 8.60. The molecule has 1 aromatic carbocycles. The molecule has 0 aliphatic heterocycles. The molecule has 1 heterocycles. The van der Waals surface area contributed by atoms with Crippen LogP contribution < -0.4 is 14.8 Å². The fourth-order valence-electron chi connectivity index (χ4n) is 2.36. The van der Waals surface area contributed by atoms with Crippen LogP contribution in [0.15, 0.2) is 36.4 Å². The second-order valence-electron chi connectivity index (χ2n) is 6.52. The van der Waals surface area contributed by atoms with Crippen LogP contribution in [-0.4, -0.2) is 48.5 Å². The minimum atomic E-state index is -4.65. The lowest BCUT2D eigenvalue weighted by Gasteiger charge is -2.20. The molecule has 2 amide bonds. The Morgan fingerprint density at radius 2 is 1.68 bits per heavy atom. The number of carbonyl (C=O) groups excluding carboxylic acids is 1. The van der Waals surface area contributed by atoms with Gasteiger partial charge in [0.05, 0.1) is 17.9 Å². The first-order valence-electron chi connectivity index (χ1n) is 8.80. The van der Waals surface area contributed by atoms with E-state index in [0.717, 1.165) is 23.9 Å². The molecule has 31 heavy (non-hydrogen) atoms. The number of halogens is 6. The molecule has 2 aromatic rings. The van der Waals surface area contributed by atoms with Gasteiger partial charge in [0.1, 0.15) is 11.5 Å². The quantitative estimate of drug-likeness (QED) is 0.606. The Labute approximate surface area is 173 Å². The van der Waals surface area contributed by atoms with E-state index in [1.165, 1.54) is 11.9 Å². The van der Waals surface area contributed by atoms with Crippen molar-refractivity contribution in [3.05, 3.63) is 47.8 Å². The van der Waals surface area contributed by atoms with Gasteiger partial charge in [0.15, 0.2) is 13.2 Å². The van der Waals surface area contributed by atoms with Crippen LogP contribution in [0.3, 0.4) is 0 Å². The number of amides is 2. The SMILES string of the molecule is Cc1cccc(CN(C)C(=O)Nc2cc(OCC(F)(F)F)ccc2OCC(F)(F)F)n1. The normalized spacial score (nSPS) is 11.7. The maximum Gasteiger partial charge on any atom is 0.422 e. The molecule has 0 saturated heterocycles. The highest BCUT2D eigenvalue weighted by molar-refractivity contribution is 5.91. The van der Waals surface area contributed by atoms with E-state index in [1.54, 1.807) is 25.1 Å². The average Bonchev–Trinajstić information content (AvgIpc) is 2.64. The monoisotopic (exact) mass is 451 g/mol. The fraction of sp³-hybridized carbons (Fsp3) is 0.368. The Bertz CT molecular complexity index is 902. The summed E-state index contributed by atoms with van der Waals surface area (Å²) < 4.78 is 83.8. The van der Waals surface area contributed by atoms with E-state index >= 15 is 0 Å². The molecule has 0 spiro atoms. The van der Waals surface area contributed by atoms with E-state index < -0.39 is 31.6 Å². The van der Waals surface area contributed by atoms with E-state index in [0.29, 0.717) is 5.69 Å². The molecule has 0 fully saturated rings. The van der Waals surface area contributed by atoms with Crippen LogP contribution in [0.1, 0.15) is 11.4 Å². The number of benzene rings is 1. The number of carbonyl (C=O) groups is 1. The summed E-state index contributed by atoms with van der Waals surface area (Å²) in [4.78, 5) is 17.9. The first-order valence-corrected chi connectivity index (χ1v) is 8.80. The predicted molar refractivity (Wildman–Crippen MR) is 99.0 cm³/mol. The molecule has 0 saturated carbocycles. The number of ether oxygens (including phenoxy) is 2. The molecular weight excluding hydrogens is 432 g/mol. The largest absolute Gasteiger partial charge is 0.484 e. The number of nitrogens with zero attached hydrogens (tertiary/aromatic N) is 2. The number of rotatable bonds is 7. The second-order valence-corrected chi connectivity index (χ2v) is 6.52. The summed E-state index contributed by atoms with van der Waals surface area (Å²) in [6.07, 6.45) is -9.27. The minimum Gasteiger partial charge on any atom is -0.484 e. The van der Waals surface area contributed by atoms with Gasteiger partial charge in [-0.25, -0.2) is 4.79 Å². The number of alkyl halides is 6. The predicted octanol–water partition coefficient (Wildman–Crippen LogP) is 4.94. The van der Waals surface area contributed by atoms with Crippen molar-refractivity contribution < 1.29 is 40.6 Å². The molecule has 0 aliphatic carbocycles. The summed E-state index contributed by atoms with van der Waals surface area (Å²) in [7, 11) is 1.42. The van der Waals surface area contributed by atoms with E-state index in [1.807, 2.05) is 0 Å². The van der Waals surface area contributed by atoms with Crippen molar-refractivity contribution in [3.63, 3.8) is 0 Å². The zero-order valence-corrected chi connectivity index (χ0v) is 16.5. The molecule has 12 heteroatoms. The number of anilines is 1. The fourth-order valence-corrected chi connectivity index (χ4v) is 2.36. The summed E-state index contributed by atoms with van der Waals surface area (Å²) in [5.41, 5.74) is 1.01. The molecule has 0 unspecified atom stereocenters. The van der Waals surface area contributed by atoms with Crippen LogP contribution in [0.2, 0.25) is 0 Å². The second kappa shape index (κ2) is 9.75. The molecule has 170 valence electrons. The minimum absolute atomic E-state index is 0.0799. The van der Waals surface area contributed by atoms with Crippen molar-refractivity contribution in [1.29, 1.82) is 0 Å². The van der Waals surface area contributed by atoms with Gasteiger partial charge in [0.25, 0.3) is 0 Å². The maximum absolute atomic E-state index is 12.5. The van der Waals surface area contributed by atoms with E-state index in [9.17, 15) is 31.1 Å². The van der Waals surface area contributed by atoms with Gasteiger partial charge in [-0.15, -0.1) is 0 Å². The molecule has 0 bridgehead atoms. The Kier molecular flexibility index (Phi) is 7.58. The van der Waals surface area contributed by atoms with Gasteiger partial charge in [-0.1, -0.05) is 6.07 Å². The summed E-state index contributed by atoms with van der Waals surface area (Å²) in [5.74, 6) is -0.692. The van der Waals surface area contributed by atoms with Crippen LogP contribution in [0, 0.1) is 6.92 Å². The average molecular weight is 451 g/mol. The first kappa shape index (κ1) is 24.1. The Balaban J connectivity index is 2.17. The van der Waals surface area contributed by atoms with Gasteiger partial charge < -0.3 is 19.7 Å². The topological polar surface area (TPSA) is 63.7 Å². The van der Waals surface area contributed by atoms with Gasteiger partial charge in [-0.2, -0.15) is 26.3 Å². The lowest BCUT2D eigenvalue weighted by Crippen LogP contribution is -2.31. The Morgan fingerprint density at radius 3 is 2.29 bits per heavy atom. The van der Waals surface area contributed by atoms with Crippen LogP contribution in [-0.2, 0) is 6.54 Å². The van der Waals surface area contributed by atoms with Gasteiger partial charge in [-0.3, -0.25) is 4.98 Å². The highest BCUT2D eigenvalue weighted by Crippen LogP contribution is 2.32. The number of hydrogen-bond donors (Lipinski definition) is 1. The van der Waals surface area contributed by atoms with Crippen molar-refractivity contribution >= 4 is 11.7 Å². The van der Waals surface area contributed by atoms with Gasteiger partial charge >= 0.3 is 18.4 Å². The third-order valence-corrected chi connectivity index (χ3v) is 3.68. The Morgan fingerprint density at radius 1 is 1.03 bits per heavy atom. The van der Waals surface area contributed by atoms with E-state index in [4.69, 9.17) is 0 Å². The van der Waals surface area contributed by atoms with Crippen LogP contribution in [0.4, 0.5) is 36.8 Å².